The molecule has 0 atom stereocenters. The summed E-state index contributed by atoms with van der Waals surface area (Å²) in [6.07, 6.45) is 14.6. The zero-order valence-corrected chi connectivity index (χ0v) is 46.3. The number of rotatable bonds is 9. The summed E-state index contributed by atoms with van der Waals surface area (Å²) >= 11 is 9.04. The monoisotopic (exact) mass is 1310 g/mol. The molecule has 0 radical (unpaired) electrons. The number of aromatic nitrogens is 19. The number of nitrogens with one attached hydrogen (secondary N) is 1. The Kier molecular flexibility index (Phi) is 20.4. The van der Waals surface area contributed by atoms with Gasteiger partial charge >= 0.3 is 24.1 Å². The average molecular weight is 1310 g/mol. The second kappa shape index (κ2) is 28.3. The van der Waals surface area contributed by atoms with E-state index in [0.717, 1.165) is 25.4 Å². The molecule has 0 bridgehead atoms. The fourth-order valence-electron chi connectivity index (χ4n) is 6.45. The van der Waals surface area contributed by atoms with Crippen LogP contribution >= 0.6 is 54.5 Å². The lowest BCUT2D eigenvalue weighted by molar-refractivity contribution is -0.160. The molecular formula is C50H36Br2F6N22O2S2. The first kappa shape index (κ1) is 60.4. The molecule has 426 valence electrons. The van der Waals surface area contributed by atoms with E-state index in [0.29, 0.717) is 73.2 Å². The molecule has 0 saturated carbocycles. The summed E-state index contributed by atoms with van der Waals surface area (Å²) in [5, 5.41) is 10.4. The summed E-state index contributed by atoms with van der Waals surface area (Å²) in [6, 6.07) is 17.8. The van der Waals surface area contributed by atoms with Gasteiger partial charge < -0.3 is 25.0 Å². The maximum absolute atomic E-state index is 12.8. The maximum atomic E-state index is 12.8. The lowest BCUT2D eigenvalue weighted by Crippen LogP contribution is -2.18. The number of nitrogens with zero attached hydrogens (tertiary/aromatic N) is 20. The molecule has 13 aromatic heterocycles. The quantitative estimate of drug-likeness (QED) is 0.0770. The SMILES string of the molecule is Brc1ccc2nccnc2n1.C.FC(F)(F)c1nc(-c2ccc(CBr)s2)no1.FC(F)(F)c1nc(-c2ccc(CN(c3cnccn3)c3ccc4nccnc4n3)s2)no1.Nc1cnccn1.c1cnc(Nc2ccc3nccnc3n2)cn1. The molecule has 13 rings (SSSR count). The third-order valence-electron chi connectivity index (χ3n) is 10.00. The molecule has 13 aromatic rings. The Hall–Kier alpha value is -9.67. The Morgan fingerprint density at radius 2 is 0.988 bits per heavy atom. The van der Waals surface area contributed by atoms with Gasteiger partial charge in [-0.3, -0.25) is 29.9 Å². The molecule has 0 amide bonds. The fourth-order valence-corrected chi connectivity index (χ4v) is 8.99. The second-order valence-corrected chi connectivity index (χ2v) is 19.4. The van der Waals surface area contributed by atoms with E-state index < -0.39 is 24.1 Å². The molecule has 34 heteroatoms. The summed E-state index contributed by atoms with van der Waals surface area (Å²) in [5.74, 6) is -0.00150. The summed E-state index contributed by atoms with van der Waals surface area (Å²) in [6.45, 7) is 0.326. The van der Waals surface area contributed by atoms with Crippen LogP contribution in [-0.2, 0) is 24.2 Å². The number of hydrogen-bond donors (Lipinski definition) is 2. The Bertz CT molecular complexity index is 4170. The second-order valence-electron chi connectivity index (χ2n) is 15.7. The Morgan fingerprint density at radius 1 is 0.488 bits per heavy atom. The van der Waals surface area contributed by atoms with Crippen molar-refractivity contribution in [3.05, 3.63) is 180 Å². The van der Waals surface area contributed by atoms with Gasteiger partial charge in [0.25, 0.3) is 0 Å². The summed E-state index contributed by atoms with van der Waals surface area (Å²) in [7, 11) is 0. The highest BCUT2D eigenvalue weighted by Crippen LogP contribution is 2.35. The summed E-state index contributed by atoms with van der Waals surface area (Å²) in [5.41, 5.74) is 9.14. The van der Waals surface area contributed by atoms with Crippen LogP contribution in [0.1, 0.15) is 29.0 Å². The first-order valence-electron chi connectivity index (χ1n) is 23.2. The lowest BCUT2D eigenvalue weighted by Gasteiger charge is -2.21. The van der Waals surface area contributed by atoms with Gasteiger partial charge in [0.1, 0.15) is 44.4 Å². The van der Waals surface area contributed by atoms with Gasteiger partial charge in [-0.2, -0.15) is 36.3 Å². The number of anilines is 5. The largest absolute Gasteiger partial charge is 0.471 e. The van der Waals surface area contributed by atoms with Crippen LogP contribution in [0.4, 0.5) is 55.4 Å². The maximum Gasteiger partial charge on any atom is 0.471 e. The van der Waals surface area contributed by atoms with Crippen molar-refractivity contribution < 1.29 is 35.4 Å². The minimum atomic E-state index is -4.70. The molecule has 13 heterocycles. The third kappa shape index (κ3) is 16.7. The van der Waals surface area contributed by atoms with E-state index in [4.69, 9.17) is 5.73 Å². The Labute approximate surface area is 493 Å². The first-order chi connectivity index (χ1) is 40.1. The summed E-state index contributed by atoms with van der Waals surface area (Å²) < 4.78 is 84.1. The van der Waals surface area contributed by atoms with Gasteiger partial charge in [0.2, 0.25) is 11.6 Å². The average Bonchev–Trinajstić information content (AvgIpc) is 4.50. The summed E-state index contributed by atoms with van der Waals surface area (Å²) in [4.78, 5) is 73.1. The van der Waals surface area contributed by atoms with Crippen LogP contribution in [0.3, 0.4) is 0 Å². The van der Waals surface area contributed by atoms with Crippen molar-refractivity contribution in [2.45, 2.75) is 31.7 Å². The number of pyridine rings is 3. The molecule has 0 saturated heterocycles. The van der Waals surface area contributed by atoms with Crippen LogP contribution in [0.15, 0.2) is 167 Å². The molecule has 0 aliphatic heterocycles. The van der Waals surface area contributed by atoms with Crippen molar-refractivity contribution in [1.29, 1.82) is 0 Å². The van der Waals surface area contributed by atoms with Crippen molar-refractivity contribution >= 4 is 117 Å². The number of fused-ring (bicyclic) bond motifs is 3. The van der Waals surface area contributed by atoms with Crippen LogP contribution in [0.2, 0.25) is 0 Å². The molecule has 3 N–H and O–H groups in total. The minimum Gasteiger partial charge on any atom is -0.382 e. The number of thiophene rings is 2. The zero-order chi connectivity index (χ0) is 58.2. The highest BCUT2D eigenvalue weighted by molar-refractivity contribution is 9.10. The van der Waals surface area contributed by atoms with Gasteiger partial charge in [-0.05, 0) is 76.6 Å². The number of alkyl halides is 7. The zero-order valence-electron chi connectivity index (χ0n) is 41.5. The van der Waals surface area contributed by atoms with Crippen molar-refractivity contribution in [1.82, 2.24) is 95.0 Å². The van der Waals surface area contributed by atoms with Crippen LogP contribution in [0.5, 0.6) is 0 Å². The van der Waals surface area contributed by atoms with Crippen LogP contribution < -0.4 is 16.0 Å². The van der Waals surface area contributed by atoms with E-state index in [2.05, 4.69) is 141 Å². The Morgan fingerprint density at radius 3 is 1.49 bits per heavy atom. The van der Waals surface area contributed by atoms with E-state index in [1.165, 1.54) is 28.9 Å². The van der Waals surface area contributed by atoms with Gasteiger partial charge in [-0.1, -0.05) is 33.7 Å². The van der Waals surface area contributed by atoms with E-state index in [1.807, 2.05) is 29.2 Å². The lowest BCUT2D eigenvalue weighted by atomic mass is 10.3. The number of nitrogens with two attached hydrogens (primary N) is 1. The highest BCUT2D eigenvalue weighted by Gasteiger charge is 2.39. The number of hydrogen-bond acceptors (Lipinski definition) is 26. The molecule has 0 aliphatic carbocycles. The van der Waals surface area contributed by atoms with E-state index >= 15 is 0 Å². The van der Waals surface area contributed by atoms with Crippen LogP contribution in [-0.4, -0.2) is 95.0 Å². The molecule has 0 aromatic carbocycles. The normalized spacial score (nSPS) is 10.9. The van der Waals surface area contributed by atoms with Gasteiger partial charge in [0.05, 0.1) is 34.9 Å². The molecule has 24 nitrogen and oxygen atoms in total. The molecule has 0 fully saturated rings. The van der Waals surface area contributed by atoms with E-state index in [1.54, 1.807) is 123 Å². The van der Waals surface area contributed by atoms with E-state index in [9.17, 15) is 26.3 Å². The van der Waals surface area contributed by atoms with Gasteiger partial charge in [0.15, 0.2) is 22.8 Å². The first-order valence-corrected chi connectivity index (χ1v) is 26.7. The predicted molar refractivity (Wildman–Crippen MR) is 304 cm³/mol. The highest BCUT2D eigenvalue weighted by atomic mass is 79.9. The van der Waals surface area contributed by atoms with Crippen LogP contribution in [0.25, 0.3) is 54.9 Å². The topological polar surface area (TPSA) is 312 Å². The number of nitrogen functional groups attached to an aromatic ring is 1. The number of halogens is 8. The predicted octanol–water partition coefficient (Wildman–Crippen LogP) is 12.0. The standard InChI is InChI=1S/C19H11F3N8OS.C11H8N6.C8H4BrF3N2OS.C7H4BrN3.C4H5N3.CH4/c20-19(21,22)18-28-17(29-31-18)13-3-1-11(32-13)10-30(15-9-23-5-6-25-15)14-4-2-12-16(27-14)26-8-7-24-12;1-2-9(16-10-7-12-3-4-14-10)17-11-8(1)13-5-6-15-11;9-3-4-1-2-5(16-4)6-13-7(15-14-6)8(10,11)12;8-6-2-1-5-7(11-6)10-4-3-9-5;5-4-3-6-1-2-7-4;/h1-9H,10H2;1-7H,(H,14,15,16,17);1-2H,3H2;1-4H;1-3H,(H2,5,7);1H4. The third-order valence-corrected chi connectivity index (χ3v) is 13.6. The Balaban J connectivity index is 0.000000150. The molecular weight excluding hydrogens is 1280 g/mol. The molecule has 0 aliphatic rings. The van der Waals surface area contributed by atoms with E-state index in [-0.39, 0.29) is 19.1 Å². The van der Waals surface area contributed by atoms with Crippen molar-refractivity contribution in [3.63, 3.8) is 0 Å². The fraction of sp³-hybridized carbons (Fsp3) is 0.100. The van der Waals surface area contributed by atoms with Crippen molar-refractivity contribution in [2.75, 3.05) is 16.0 Å². The molecule has 0 spiro atoms. The van der Waals surface area contributed by atoms with Crippen molar-refractivity contribution in [2.24, 2.45) is 0 Å². The van der Waals surface area contributed by atoms with Gasteiger partial charge in [0, 0.05) is 89.4 Å². The van der Waals surface area contributed by atoms with Gasteiger partial charge in [-0.15, -0.1) is 22.7 Å². The smallest absolute Gasteiger partial charge is 0.382 e. The van der Waals surface area contributed by atoms with Crippen molar-refractivity contribution in [3.8, 4) is 21.4 Å². The van der Waals surface area contributed by atoms with Crippen LogP contribution in [0, 0.1) is 0 Å². The molecule has 0 unspecified atom stereocenters. The van der Waals surface area contributed by atoms with Gasteiger partial charge in [-0.25, -0.2) is 44.9 Å². The molecule has 84 heavy (non-hydrogen) atoms. The minimum absolute atomic E-state index is 0.